The molecule has 0 unspecified atom stereocenters. The molecule has 35 heavy (non-hydrogen) atoms. The molecule has 2 aromatic carbocycles. The van der Waals surface area contributed by atoms with Crippen LogP contribution in [0.4, 0.5) is 0 Å². The molecule has 0 spiro atoms. The van der Waals surface area contributed by atoms with Gasteiger partial charge in [0.2, 0.25) is 0 Å². The molecule has 192 valence electrons. The van der Waals surface area contributed by atoms with Gasteiger partial charge >= 0.3 is 0 Å². The molecular formula is C33H48O2. The van der Waals surface area contributed by atoms with Crippen molar-refractivity contribution < 1.29 is 9.47 Å². The summed E-state index contributed by atoms with van der Waals surface area (Å²) in [5.74, 6) is 1.74. The van der Waals surface area contributed by atoms with Gasteiger partial charge in [0.1, 0.15) is 6.10 Å². The quantitative estimate of drug-likeness (QED) is 0.284. The molecule has 1 saturated carbocycles. The Balaban J connectivity index is 1.23. The van der Waals surface area contributed by atoms with E-state index in [4.69, 9.17) is 9.47 Å². The van der Waals surface area contributed by atoms with Crippen molar-refractivity contribution in [1.29, 1.82) is 0 Å². The van der Waals surface area contributed by atoms with E-state index in [0.717, 1.165) is 24.9 Å². The zero-order chi connectivity index (χ0) is 24.3. The van der Waals surface area contributed by atoms with Crippen LogP contribution in [0.2, 0.25) is 0 Å². The van der Waals surface area contributed by atoms with Crippen LogP contribution >= 0.6 is 0 Å². The Kier molecular flexibility index (Phi) is 10.7. The molecule has 2 fully saturated rings. The van der Waals surface area contributed by atoms with Crippen molar-refractivity contribution in [2.24, 2.45) is 5.92 Å². The van der Waals surface area contributed by atoms with Gasteiger partial charge in [0, 0.05) is 0 Å². The molecule has 4 rings (SSSR count). The highest BCUT2D eigenvalue weighted by molar-refractivity contribution is 5.64. The lowest BCUT2D eigenvalue weighted by Gasteiger charge is -2.30. The van der Waals surface area contributed by atoms with Crippen LogP contribution in [-0.2, 0) is 9.47 Å². The van der Waals surface area contributed by atoms with Gasteiger partial charge in [-0.1, -0.05) is 114 Å². The van der Waals surface area contributed by atoms with Crippen LogP contribution < -0.4 is 0 Å². The van der Waals surface area contributed by atoms with Crippen LogP contribution in [-0.4, -0.2) is 19.3 Å². The number of rotatable bonds is 12. The average Bonchev–Trinajstić information content (AvgIpc) is 2.92. The van der Waals surface area contributed by atoms with Gasteiger partial charge < -0.3 is 9.47 Å². The van der Waals surface area contributed by atoms with Crippen LogP contribution in [0.15, 0.2) is 48.5 Å². The Labute approximate surface area is 214 Å². The maximum atomic E-state index is 6.15. The second-order valence-corrected chi connectivity index (χ2v) is 11.1. The number of hydrogen-bond donors (Lipinski definition) is 0. The van der Waals surface area contributed by atoms with E-state index in [1.165, 1.54) is 99.3 Å². The van der Waals surface area contributed by atoms with Gasteiger partial charge in [0.15, 0.2) is 0 Å². The molecule has 0 aromatic heterocycles. The molecule has 1 heterocycles. The van der Waals surface area contributed by atoms with E-state index in [1.807, 2.05) is 0 Å². The minimum absolute atomic E-state index is 0.0654. The lowest BCUT2D eigenvalue weighted by atomic mass is 9.77. The van der Waals surface area contributed by atoms with E-state index in [9.17, 15) is 0 Å². The predicted octanol–water partition coefficient (Wildman–Crippen LogP) is 9.63. The molecule has 0 bridgehead atoms. The van der Waals surface area contributed by atoms with Crippen LogP contribution in [0.5, 0.6) is 0 Å². The summed E-state index contributed by atoms with van der Waals surface area (Å²) < 4.78 is 12.2. The zero-order valence-electron chi connectivity index (χ0n) is 22.4. The Hall–Kier alpha value is -1.64. The third-order valence-corrected chi connectivity index (χ3v) is 8.41. The highest BCUT2D eigenvalue weighted by Gasteiger charge is 2.24. The molecule has 0 N–H and O–H groups in total. The summed E-state index contributed by atoms with van der Waals surface area (Å²) in [7, 11) is 0. The van der Waals surface area contributed by atoms with Crippen molar-refractivity contribution in [3.8, 4) is 11.1 Å². The minimum atomic E-state index is 0.0654. The normalized spacial score (nSPS) is 25.0. The number of hydrogen-bond acceptors (Lipinski definition) is 2. The number of unbranched alkanes of at least 4 members (excludes halogenated alkanes) is 5. The molecule has 1 aliphatic heterocycles. The first-order valence-electron chi connectivity index (χ1n) is 14.7. The van der Waals surface area contributed by atoms with Crippen molar-refractivity contribution >= 4 is 0 Å². The average molecular weight is 477 g/mol. The highest BCUT2D eigenvalue weighted by Crippen LogP contribution is 2.38. The topological polar surface area (TPSA) is 18.5 Å². The first-order valence-corrected chi connectivity index (χ1v) is 14.7. The van der Waals surface area contributed by atoms with E-state index >= 15 is 0 Å². The van der Waals surface area contributed by atoms with Crippen molar-refractivity contribution in [2.75, 3.05) is 13.2 Å². The summed E-state index contributed by atoms with van der Waals surface area (Å²) in [6.07, 6.45) is 17.9. The third-order valence-electron chi connectivity index (χ3n) is 8.41. The summed E-state index contributed by atoms with van der Waals surface area (Å²) in [5.41, 5.74) is 5.35. The van der Waals surface area contributed by atoms with Gasteiger partial charge in [-0.25, -0.2) is 0 Å². The largest absolute Gasteiger partial charge is 0.373 e. The smallest absolute Gasteiger partial charge is 0.106 e. The Morgan fingerprint density at radius 3 is 1.80 bits per heavy atom. The summed E-state index contributed by atoms with van der Waals surface area (Å²) in [4.78, 5) is 0. The maximum Gasteiger partial charge on any atom is 0.106 e. The summed E-state index contributed by atoms with van der Waals surface area (Å²) in [5, 5.41) is 0. The lowest BCUT2D eigenvalue weighted by Crippen LogP contribution is -2.31. The number of benzene rings is 2. The first-order chi connectivity index (χ1) is 17.3. The molecule has 2 heteroatoms. The van der Waals surface area contributed by atoms with Gasteiger partial charge in [-0.05, 0) is 66.2 Å². The molecule has 2 aliphatic rings. The fraction of sp³-hybridized carbons (Fsp3) is 0.636. The van der Waals surface area contributed by atoms with Crippen molar-refractivity contribution in [1.82, 2.24) is 0 Å². The molecule has 1 saturated heterocycles. The summed E-state index contributed by atoms with van der Waals surface area (Å²) >= 11 is 0. The second kappa shape index (κ2) is 14.2. The minimum Gasteiger partial charge on any atom is -0.373 e. The fourth-order valence-electron chi connectivity index (χ4n) is 6.01. The Bertz CT molecular complexity index is 824. The summed E-state index contributed by atoms with van der Waals surface area (Å²) in [6, 6.07) is 18.3. The van der Waals surface area contributed by atoms with E-state index in [2.05, 4.69) is 62.4 Å². The third kappa shape index (κ3) is 7.92. The van der Waals surface area contributed by atoms with E-state index in [-0.39, 0.29) is 12.2 Å². The van der Waals surface area contributed by atoms with Crippen LogP contribution in [0.1, 0.15) is 120 Å². The number of ether oxygens (including phenoxy) is 2. The van der Waals surface area contributed by atoms with Gasteiger partial charge in [-0.15, -0.1) is 0 Å². The first kappa shape index (κ1) is 26.4. The van der Waals surface area contributed by atoms with Crippen LogP contribution in [0, 0.1) is 5.92 Å². The molecule has 0 radical (unpaired) electrons. The van der Waals surface area contributed by atoms with Crippen molar-refractivity contribution in [3.05, 3.63) is 59.7 Å². The van der Waals surface area contributed by atoms with Gasteiger partial charge in [0.05, 0.1) is 19.3 Å². The van der Waals surface area contributed by atoms with Gasteiger partial charge in [-0.2, -0.15) is 0 Å². The fourth-order valence-corrected chi connectivity index (χ4v) is 6.01. The summed E-state index contributed by atoms with van der Waals surface area (Å²) in [6.45, 7) is 5.94. The Morgan fingerprint density at radius 2 is 1.20 bits per heavy atom. The maximum absolute atomic E-state index is 6.15. The molecular weight excluding hydrogens is 428 g/mol. The van der Waals surface area contributed by atoms with Gasteiger partial charge in [-0.3, -0.25) is 0 Å². The van der Waals surface area contributed by atoms with Crippen molar-refractivity contribution in [3.63, 3.8) is 0 Å². The van der Waals surface area contributed by atoms with Gasteiger partial charge in [0.25, 0.3) is 0 Å². The molecule has 0 amide bonds. The van der Waals surface area contributed by atoms with E-state index in [1.54, 1.807) is 0 Å². The van der Waals surface area contributed by atoms with Crippen molar-refractivity contribution in [2.45, 2.75) is 115 Å². The Morgan fingerprint density at radius 1 is 0.600 bits per heavy atom. The molecule has 1 aliphatic carbocycles. The monoisotopic (exact) mass is 476 g/mol. The van der Waals surface area contributed by atoms with E-state index in [0.29, 0.717) is 6.61 Å². The standard InChI is InChI=1S/C33H48O2/c1-3-5-7-9-10-26-12-14-27(15-13-26)28-16-18-29(19-17-28)30-20-22-31(23-21-30)33-25-34-32(24-35-33)11-8-6-4-2/h16-23,26-27,32-33H,3-15,24-25H2,1-2H3/t26?,27?,32-,33-/m0/s1. The predicted molar refractivity (Wildman–Crippen MR) is 148 cm³/mol. The second-order valence-electron chi connectivity index (χ2n) is 11.1. The zero-order valence-corrected chi connectivity index (χ0v) is 22.4. The van der Waals surface area contributed by atoms with Crippen LogP contribution in [0.25, 0.3) is 11.1 Å². The van der Waals surface area contributed by atoms with E-state index < -0.39 is 0 Å². The highest BCUT2D eigenvalue weighted by atomic mass is 16.6. The van der Waals surface area contributed by atoms with Crippen LogP contribution in [0.3, 0.4) is 0 Å². The SMILES string of the molecule is CCCCCCC1CCC(c2ccc(-c3ccc([C@@H]4CO[C@@H](CCCCC)CO4)cc3)cc2)CC1. The molecule has 2 aromatic rings. The molecule has 2 atom stereocenters. The lowest BCUT2D eigenvalue weighted by molar-refractivity contribution is -0.137. The molecule has 2 nitrogen and oxygen atoms in total.